The Morgan fingerprint density at radius 3 is 2.63 bits per heavy atom. The third-order valence-electron chi connectivity index (χ3n) is 2.58. The first kappa shape index (κ1) is 13.7. The van der Waals surface area contributed by atoms with E-state index in [2.05, 4.69) is 14.9 Å². The number of sulfonamides is 1. The molecule has 0 atom stereocenters. The fraction of sp³-hybridized carbons (Fsp3) is 0.333. The first-order valence-electron chi connectivity index (χ1n) is 5.83. The number of nitrogens with one attached hydrogen (secondary N) is 1. The van der Waals surface area contributed by atoms with Gasteiger partial charge in [0, 0.05) is 13.0 Å². The summed E-state index contributed by atoms with van der Waals surface area (Å²) in [6.07, 6.45) is 0.367. The van der Waals surface area contributed by atoms with Gasteiger partial charge in [-0.1, -0.05) is 23.4 Å². The molecule has 2 aromatic rings. The molecular formula is C12H15N3O3S. The molecule has 0 unspecified atom stereocenters. The Bertz CT molecular complexity index is 664. The lowest BCUT2D eigenvalue weighted by molar-refractivity contribution is 0.375. The van der Waals surface area contributed by atoms with E-state index in [9.17, 15) is 8.42 Å². The molecule has 19 heavy (non-hydrogen) atoms. The van der Waals surface area contributed by atoms with Gasteiger partial charge in [-0.15, -0.1) is 0 Å². The fourth-order valence-corrected chi connectivity index (χ4v) is 2.95. The Morgan fingerprint density at radius 2 is 2.00 bits per heavy atom. The summed E-state index contributed by atoms with van der Waals surface area (Å²) in [6.45, 7) is 3.69. The van der Waals surface area contributed by atoms with Crippen molar-refractivity contribution in [2.75, 3.05) is 6.54 Å². The van der Waals surface area contributed by atoms with Crippen LogP contribution in [-0.2, 0) is 16.4 Å². The molecule has 1 aromatic carbocycles. The van der Waals surface area contributed by atoms with E-state index < -0.39 is 10.0 Å². The Kier molecular flexibility index (Phi) is 3.96. The second kappa shape index (κ2) is 5.50. The van der Waals surface area contributed by atoms with Crippen molar-refractivity contribution in [3.8, 4) is 0 Å². The van der Waals surface area contributed by atoms with Gasteiger partial charge < -0.3 is 4.52 Å². The van der Waals surface area contributed by atoms with Gasteiger partial charge in [0.1, 0.15) is 0 Å². The van der Waals surface area contributed by atoms with Crippen molar-refractivity contribution in [1.29, 1.82) is 0 Å². The second-order valence-electron chi connectivity index (χ2n) is 4.15. The normalized spacial score (nSPS) is 11.7. The van der Waals surface area contributed by atoms with Gasteiger partial charge in [-0.3, -0.25) is 0 Å². The summed E-state index contributed by atoms with van der Waals surface area (Å²) in [4.78, 5) is 4.30. The van der Waals surface area contributed by atoms with Crippen LogP contribution in [0.4, 0.5) is 0 Å². The van der Waals surface area contributed by atoms with E-state index in [1.165, 1.54) is 0 Å². The van der Waals surface area contributed by atoms with Gasteiger partial charge in [-0.25, -0.2) is 13.1 Å². The van der Waals surface area contributed by atoms with Crippen LogP contribution in [0.3, 0.4) is 0 Å². The standard InChI is InChI=1S/C12H15N3O3S/c1-9-5-3-4-6-11(9)19(16,17)13-8-7-12-14-10(2)15-18-12/h3-6,13H,7-8H2,1-2H3. The molecule has 0 aliphatic heterocycles. The summed E-state index contributed by atoms with van der Waals surface area (Å²) in [6, 6.07) is 6.84. The molecule has 2 rings (SSSR count). The fourth-order valence-electron chi connectivity index (χ4n) is 1.67. The Hall–Kier alpha value is -1.73. The maximum Gasteiger partial charge on any atom is 0.240 e. The average molecular weight is 281 g/mol. The van der Waals surface area contributed by atoms with Gasteiger partial charge >= 0.3 is 0 Å². The van der Waals surface area contributed by atoms with Crippen LogP contribution in [0.25, 0.3) is 0 Å². The highest BCUT2D eigenvalue weighted by Crippen LogP contribution is 2.13. The second-order valence-corrected chi connectivity index (χ2v) is 5.88. The van der Waals surface area contributed by atoms with E-state index in [1.807, 2.05) is 0 Å². The molecule has 0 fully saturated rings. The monoisotopic (exact) mass is 281 g/mol. The number of benzene rings is 1. The molecule has 0 spiro atoms. The summed E-state index contributed by atoms with van der Waals surface area (Å²) in [5.41, 5.74) is 0.712. The van der Waals surface area contributed by atoms with Gasteiger partial charge in [-0.05, 0) is 25.5 Å². The largest absolute Gasteiger partial charge is 0.339 e. The molecular weight excluding hydrogens is 266 g/mol. The molecule has 102 valence electrons. The molecule has 1 aromatic heterocycles. The Balaban J connectivity index is 2.01. The number of hydrogen-bond donors (Lipinski definition) is 1. The van der Waals surface area contributed by atoms with Crippen LogP contribution < -0.4 is 4.72 Å². The summed E-state index contributed by atoms with van der Waals surface area (Å²) in [5, 5.41) is 3.64. The molecule has 0 saturated carbocycles. The van der Waals surface area contributed by atoms with Crippen molar-refractivity contribution < 1.29 is 12.9 Å². The van der Waals surface area contributed by atoms with Crippen LogP contribution in [0.1, 0.15) is 17.3 Å². The van der Waals surface area contributed by atoms with E-state index in [0.717, 1.165) is 0 Å². The summed E-state index contributed by atoms with van der Waals surface area (Å²) in [5.74, 6) is 0.960. The van der Waals surface area contributed by atoms with Crippen LogP contribution in [-0.4, -0.2) is 25.1 Å². The van der Waals surface area contributed by atoms with Crippen LogP contribution in [0.5, 0.6) is 0 Å². The highest BCUT2D eigenvalue weighted by atomic mass is 32.2. The molecule has 0 radical (unpaired) electrons. The first-order valence-corrected chi connectivity index (χ1v) is 7.32. The van der Waals surface area contributed by atoms with Gasteiger partial charge in [0.2, 0.25) is 15.9 Å². The van der Waals surface area contributed by atoms with E-state index in [0.29, 0.717) is 23.7 Å². The minimum atomic E-state index is -3.49. The average Bonchev–Trinajstić information content (AvgIpc) is 2.75. The zero-order chi connectivity index (χ0) is 13.9. The number of rotatable bonds is 5. The minimum absolute atomic E-state index is 0.221. The molecule has 0 aliphatic rings. The zero-order valence-corrected chi connectivity index (χ0v) is 11.6. The van der Waals surface area contributed by atoms with Gasteiger partial charge in [0.05, 0.1) is 4.90 Å². The lowest BCUT2D eigenvalue weighted by Gasteiger charge is -2.07. The maximum atomic E-state index is 12.1. The Labute approximate surface area is 111 Å². The quantitative estimate of drug-likeness (QED) is 0.890. The molecule has 7 heteroatoms. The Morgan fingerprint density at radius 1 is 1.26 bits per heavy atom. The highest BCUT2D eigenvalue weighted by molar-refractivity contribution is 7.89. The molecule has 1 heterocycles. The van der Waals surface area contributed by atoms with E-state index in [-0.39, 0.29) is 11.4 Å². The smallest absolute Gasteiger partial charge is 0.240 e. The third-order valence-corrected chi connectivity index (χ3v) is 4.20. The van der Waals surface area contributed by atoms with Crippen molar-refractivity contribution in [3.63, 3.8) is 0 Å². The summed E-state index contributed by atoms with van der Waals surface area (Å²) < 4.78 is 31.6. The van der Waals surface area contributed by atoms with Crippen molar-refractivity contribution in [1.82, 2.24) is 14.9 Å². The van der Waals surface area contributed by atoms with Crippen molar-refractivity contribution in [3.05, 3.63) is 41.5 Å². The summed E-state index contributed by atoms with van der Waals surface area (Å²) >= 11 is 0. The van der Waals surface area contributed by atoms with Gasteiger partial charge in [0.25, 0.3) is 0 Å². The zero-order valence-electron chi connectivity index (χ0n) is 10.8. The lowest BCUT2D eigenvalue weighted by Crippen LogP contribution is -2.26. The molecule has 0 saturated heterocycles. The van der Waals surface area contributed by atoms with Crippen molar-refractivity contribution in [2.45, 2.75) is 25.2 Å². The van der Waals surface area contributed by atoms with Crippen molar-refractivity contribution >= 4 is 10.0 Å². The van der Waals surface area contributed by atoms with Crippen LogP contribution >= 0.6 is 0 Å². The van der Waals surface area contributed by atoms with Crippen LogP contribution in [0.2, 0.25) is 0 Å². The molecule has 0 aliphatic carbocycles. The number of hydrogen-bond acceptors (Lipinski definition) is 5. The van der Waals surface area contributed by atoms with E-state index in [1.54, 1.807) is 38.1 Å². The molecule has 1 N–H and O–H groups in total. The van der Waals surface area contributed by atoms with Gasteiger partial charge in [-0.2, -0.15) is 4.98 Å². The van der Waals surface area contributed by atoms with Gasteiger partial charge in [0.15, 0.2) is 5.82 Å². The molecule has 6 nitrogen and oxygen atoms in total. The number of aryl methyl sites for hydroxylation is 2. The molecule has 0 amide bonds. The topological polar surface area (TPSA) is 85.1 Å². The number of aromatic nitrogens is 2. The van der Waals surface area contributed by atoms with Crippen molar-refractivity contribution in [2.24, 2.45) is 0 Å². The maximum absolute atomic E-state index is 12.1. The third kappa shape index (κ3) is 3.39. The predicted molar refractivity (Wildman–Crippen MR) is 69.1 cm³/mol. The first-order chi connectivity index (χ1) is 8.99. The predicted octanol–water partition coefficient (Wildman–Crippen LogP) is 1.21. The van der Waals surface area contributed by atoms with Crippen LogP contribution in [0.15, 0.2) is 33.7 Å². The highest BCUT2D eigenvalue weighted by Gasteiger charge is 2.15. The minimum Gasteiger partial charge on any atom is -0.339 e. The van der Waals surface area contributed by atoms with E-state index in [4.69, 9.17) is 4.52 Å². The lowest BCUT2D eigenvalue weighted by atomic mass is 10.2. The SMILES string of the molecule is Cc1noc(CCNS(=O)(=O)c2ccccc2C)n1. The van der Waals surface area contributed by atoms with E-state index >= 15 is 0 Å². The number of nitrogens with zero attached hydrogens (tertiary/aromatic N) is 2. The molecule has 0 bridgehead atoms. The summed E-state index contributed by atoms with van der Waals surface area (Å²) in [7, 11) is -3.49. The van der Waals surface area contributed by atoms with Crippen LogP contribution in [0, 0.1) is 13.8 Å².